The van der Waals surface area contributed by atoms with Gasteiger partial charge in [0.25, 0.3) is 0 Å². The van der Waals surface area contributed by atoms with Gasteiger partial charge in [0.1, 0.15) is 5.75 Å². The summed E-state index contributed by atoms with van der Waals surface area (Å²) in [7, 11) is 0. The molecular weight excluding hydrogens is 212 g/mol. The molecule has 0 bridgehead atoms. The third-order valence-electron chi connectivity index (χ3n) is 2.88. The van der Waals surface area contributed by atoms with E-state index < -0.39 is 0 Å². The lowest BCUT2D eigenvalue weighted by Gasteiger charge is -2.14. The van der Waals surface area contributed by atoms with Gasteiger partial charge in [-0.15, -0.1) is 0 Å². The van der Waals surface area contributed by atoms with Gasteiger partial charge < -0.3 is 15.8 Å². The van der Waals surface area contributed by atoms with Crippen molar-refractivity contribution < 1.29 is 4.74 Å². The van der Waals surface area contributed by atoms with Crippen molar-refractivity contribution in [3.63, 3.8) is 0 Å². The molecule has 0 aliphatic heterocycles. The van der Waals surface area contributed by atoms with Crippen molar-refractivity contribution in [2.45, 2.75) is 44.9 Å². The van der Waals surface area contributed by atoms with Crippen molar-refractivity contribution in [1.82, 2.24) is 5.32 Å². The van der Waals surface area contributed by atoms with Crippen LogP contribution in [0.1, 0.15) is 38.3 Å². The summed E-state index contributed by atoms with van der Waals surface area (Å²) in [4.78, 5) is 0. The Kier molecular flexibility index (Phi) is 4.02. The lowest BCUT2D eigenvalue weighted by molar-refractivity contribution is 0.242. The Balaban J connectivity index is 1.86. The standard InChI is InChI=1S/C14H22N2O/c1-10(2)17-13-7-3-11(4-8-13)14(15)9-16-12-5-6-12/h3-4,7-8,10,12,14,16H,5-6,9,15H2,1-2H3. The Bertz CT molecular complexity index is 344. The first-order valence-electron chi connectivity index (χ1n) is 6.40. The van der Waals surface area contributed by atoms with Gasteiger partial charge in [-0.3, -0.25) is 0 Å². The van der Waals surface area contributed by atoms with Crippen LogP contribution in [0.4, 0.5) is 0 Å². The molecule has 0 saturated heterocycles. The monoisotopic (exact) mass is 234 g/mol. The zero-order chi connectivity index (χ0) is 12.3. The largest absolute Gasteiger partial charge is 0.491 e. The minimum Gasteiger partial charge on any atom is -0.491 e. The van der Waals surface area contributed by atoms with Crippen LogP contribution in [0.25, 0.3) is 0 Å². The number of nitrogens with two attached hydrogens (primary N) is 1. The van der Waals surface area contributed by atoms with Crippen molar-refractivity contribution in [2.24, 2.45) is 5.73 Å². The maximum atomic E-state index is 6.12. The van der Waals surface area contributed by atoms with E-state index in [0.717, 1.165) is 17.9 Å². The summed E-state index contributed by atoms with van der Waals surface area (Å²) >= 11 is 0. The summed E-state index contributed by atoms with van der Waals surface area (Å²) in [5.74, 6) is 0.908. The third-order valence-corrected chi connectivity index (χ3v) is 2.88. The number of ether oxygens (including phenoxy) is 1. The molecular formula is C14H22N2O. The van der Waals surface area contributed by atoms with Crippen LogP contribution >= 0.6 is 0 Å². The molecule has 1 saturated carbocycles. The zero-order valence-corrected chi connectivity index (χ0v) is 10.6. The first-order chi connectivity index (χ1) is 8.15. The van der Waals surface area contributed by atoms with Crippen LogP contribution in [-0.2, 0) is 0 Å². The normalized spacial score (nSPS) is 17.2. The van der Waals surface area contributed by atoms with Gasteiger partial charge in [0.2, 0.25) is 0 Å². The predicted octanol–water partition coefficient (Wildman–Crippen LogP) is 2.23. The number of hydrogen-bond donors (Lipinski definition) is 2. The van der Waals surface area contributed by atoms with E-state index in [1.807, 2.05) is 26.0 Å². The summed E-state index contributed by atoms with van der Waals surface area (Å²) in [5, 5.41) is 3.45. The van der Waals surface area contributed by atoms with Gasteiger partial charge in [-0.25, -0.2) is 0 Å². The highest BCUT2D eigenvalue weighted by atomic mass is 16.5. The topological polar surface area (TPSA) is 47.3 Å². The summed E-state index contributed by atoms with van der Waals surface area (Å²) < 4.78 is 5.60. The third kappa shape index (κ3) is 4.02. The van der Waals surface area contributed by atoms with E-state index in [-0.39, 0.29) is 12.1 Å². The Morgan fingerprint density at radius 3 is 2.47 bits per heavy atom. The Morgan fingerprint density at radius 1 is 1.29 bits per heavy atom. The molecule has 1 aromatic rings. The molecule has 1 aromatic carbocycles. The van der Waals surface area contributed by atoms with E-state index in [9.17, 15) is 0 Å². The minimum absolute atomic E-state index is 0.0729. The van der Waals surface area contributed by atoms with Crippen molar-refractivity contribution in [1.29, 1.82) is 0 Å². The highest BCUT2D eigenvalue weighted by Gasteiger charge is 2.21. The van der Waals surface area contributed by atoms with Crippen molar-refractivity contribution in [3.05, 3.63) is 29.8 Å². The molecule has 1 atom stereocenters. The lowest BCUT2D eigenvalue weighted by Crippen LogP contribution is -2.28. The second-order valence-corrected chi connectivity index (χ2v) is 5.02. The van der Waals surface area contributed by atoms with Gasteiger partial charge in [-0.2, -0.15) is 0 Å². The highest BCUT2D eigenvalue weighted by Crippen LogP contribution is 2.21. The van der Waals surface area contributed by atoms with E-state index in [1.165, 1.54) is 12.8 Å². The van der Waals surface area contributed by atoms with Gasteiger partial charge in [-0.1, -0.05) is 12.1 Å². The zero-order valence-electron chi connectivity index (χ0n) is 10.6. The molecule has 0 aromatic heterocycles. The van der Waals surface area contributed by atoms with E-state index in [2.05, 4.69) is 17.4 Å². The molecule has 1 aliphatic carbocycles. The van der Waals surface area contributed by atoms with Crippen LogP contribution < -0.4 is 15.8 Å². The Hall–Kier alpha value is -1.06. The second kappa shape index (κ2) is 5.52. The van der Waals surface area contributed by atoms with E-state index >= 15 is 0 Å². The fraction of sp³-hybridized carbons (Fsp3) is 0.571. The predicted molar refractivity (Wildman–Crippen MR) is 70.2 cm³/mol. The molecule has 0 amide bonds. The van der Waals surface area contributed by atoms with Crippen molar-refractivity contribution in [3.8, 4) is 5.75 Å². The minimum atomic E-state index is 0.0729. The van der Waals surface area contributed by atoms with Crippen molar-refractivity contribution in [2.75, 3.05) is 6.54 Å². The van der Waals surface area contributed by atoms with E-state index in [0.29, 0.717) is 6.04 Å². The molecule has 17 heavy (non-hydrogen) atoms. The average Bonchev–Trinajstić information content (AvgIpc) is 3.10. The molecule has 0 heterocycles. The lowest BCUT2D eigenvalue weighted by atomic mass is 10.1. The number of benzene rings is 1. The quantitative estimate of drug-likeness (QED) is 0.793. The SMILES string of the molecule is CC(C)Oc1ccc(C(N)CNC2CC2)cc1. The van der Waals surface area contributed by atoms with E-state index in [1.54, 1.807) is 0 Å². The first kappa shape index (κ1) is 12.4. The molecule has 94 valence electrons. The summed E-state index contributed by atoms with van der Waals surface area (Å²) in [6, 6.07) is 8.88. The number of rotatable bonds is 6. The molecule has 2 rings (SSSR count). The van der Waals surface area contributed by atoms with Crippen LogP contribution in [0.3, 0.4) is 0 Å². The van der Waals surface area contributed by atoms with Crippen LogP contribution in [0.5, 0.6) is 5.75 Å². The van der Waals surface area contributed by atoms with Crippen molar-refractivity contribution >= 4 is 0 Å². The van der Waals surface area contributed by atoms with Gasteiger partial charge >= 0.3 is 0 Å². The summed E-state index contributed by atoms with van der Waals surface area (Å²) in [6.45, 7) is 4.91. The molecule has 0 radical (unpaired) electrons. The van der Waals surface area contributed by atoms with Crippen LogP contribution in [0.2, 0.25) is 0 Å². The first-order valence-corrected chi connectivity index (χ1v) is 6.40. The fourth-order valence-corrected chi connectivity index (χ4v) is 1.76. The highest BCUT2D eigenvalue weighted by molar-refractivity contribution is 5.29. The maximum absolute atomic E-state index is 6.12. The summed E-state index contributed by atoms with van der Waals surface area (Å²) in [6.07, 6.45) is 2.81. The average molecular weight is 234 g/mol. The van der Waals surface area contributed by atoms with Crippen LogP contribution in [0.15, 0.2) is 24.3 Å². The molecule has 3 nitrogen and oxygen atoms in total. The Morgan fingerprint density at radius 2 is 1.94 bits per heavy atom. The second-order valence-electron chi connectivity index (χ2n) is 5.02. The maximum Gasteiger partial charge on any atom is 0.119 e. The Labute approximate surface area is 103 Å². The molecule has 3 heteroatoms. The number of nitrogens with one attached hydrogen (secondary N) is 1. The van der Waals surface area contributed by atoms with Gasteiger partial charge in [0, 0.05) is 18.6 Å². The molecule has 3 N–H and O–H groups in total. The van der Waals surface area contributed by atoms with Crippen LogP contribution in [-0.4, -0.2) is 18.7 Å². The van der Waals surface area contributed by atoms with Crippen LogP contribution in [0, 0.1) is 0 Å². The van der Waals surface area contributed by atoms with Gasteiger partial charge in [-0.05, 0) is 44.4 Å². The summed E-state index contributed by atoms with van der Waals surface area (Å²) in [5.41, 5.74) is 7.28. The van der Waals surface area contributed by atoms with Gasteiger partial charge in [0.15, 0.2) is 0 Å². The molecule has 1 unspecified atom stereocenters. The molecule has 0 spiro atoms. The van der Waals surface area contributed by atoms with Gasteiger partial charge in [0.05, 0.1) is 6.10 Å². The fourth-order valence-electron chi connectivity index (χ4n) is 1.76. The molecule has 1 aliphatic rings. The van der Waals surface area contributed by atoms with E-state index in [4.69, 9.17) is 10.5 Å². The molecule has 1 fully saturated rings. The smallest absolute Gasteiger partial charge is 0.119 e. The number of hydrogen-bond acceptors (Lipinski definition) is 3.